The van der Waals surface area contributed by atoms with Crippen molar-refractivity contribution in [2.75, 3.05) is 32.2 Å². The van der Waals surface area contributed by atoms with Gasteiger partial charge in [0.1, 0.15) is 5.82 Å². The Hall–Kier alpha value is -5.23. The van der Waals surface area contributed by atoms with Gasteiger partial charge in [-0.1, -0.05) is 30.3 Å². The lowest BCUT2D eigenvalue weighted by Gasteiger charge is -2.31. The maximum atomic E-state index is 13.6. The average Bonchev–Trinajstić information content (AvgIpc) is 3.33. The zero-order valence-corrected chi connectivity index (χ0v) is 23.9. The summed E-state index contributed by atoms with van der Waals surface area (Å²) in [5.41, 5.74) is 16.3. The number of methoxy groups -OCH3 is 2. The highest BCUT2D eigenvalue weighted by atomic mass is 16.5. The number of aromatic nitrogens is 2. The number of nitrogens with zero attached hydrogens (tertiary/aromatic N) is 5. The summed E-state index contributed by atoms with van der Waals surface area (Å²) in [7, 11) is 3.07. The lowest BCUT2D eigenvalue weighted by molar-refractivity contribution is -0.154. The first-order valence-corrected chi connectivity index (χ1v) is 13.7. The van der Waals surface area contributed by atoms with Gasteiger partial charge in [0.05, 0.1) is 33.0 Å². The summed E-state index contributed by atoms with van der Waals surface area (Å²) in [5.74, 6) is 0.621. The molecular weight excluding hydrogens is 550 g/mol. The summed E-state index contributed by atoms with van der Waals surface area (Å²) >= 11 is 0. The maximum absolute atomic E-state index is 13.6. The number of amides is 2. The molecule has 3 aromatic rings. The molecule has 12 heteroatoms. The van der Waals surface area contributed by atoms with E-state index in [4.69, 9.17) is 20.9 Å². The topological polar surface area (TPSA) is 169 Å². The van der Waals surface area contributed by atoms with E-state index in [2.05, 4.69) is 15.1 Å². The van der Waals surface area contributed by atoms with Gasteiger partial charge in [-0.2, -0.15) is 10.1 Å². The lowest BCUT2D eigenvalue weighted by atomic mass is 9.94. The molecule has 1 saturated heterocycles. The zero-order chi connectivity index (χ0) is 30.5. The quantitative estimate of drug-likeness (QED) is 0.252. The number of benzene rings is 2. The molecule has 0 radical (unpaired) electrons. The van der Waals surface area contributed by atoms with E-state index in [0.29, 0.717) is 53.9 Å². The third kappa shape index (κ3) is 6.33. The van der Waals surface area contributed by atoms with Crippen LogP contribution in [0, 0.1) is 0 Å². The summed E-state index contributed by atoms with van der Waals surface area (Å²) in [6.45, 7) is 0.285. The van der Waals surface area contributed by atoms with E-state index in [1.165, 1.54) is 25.3 Å². The van der Waals surface area contributed by atoms with Crippen molar-refractivity contribution < 1.29 is 24.3 Å². The van der Waals surface area contributed by atoms with Crippen molar-refractivity contribution in [3.05, 3.63) is 88.1 Å². The fourth-order valence-corrected chi connectivity index (χ4v) is 5.27. The van der Waals surface area contributed by atoms with Crippen LogP contribution in [0.25, 0.3) is 6.08 Å². The Morgan fingerprint density at radius 2 is 2.00 bits per heavy atom. The summed E-state index contributed by atoms with van der Waals surface area (Å²) in [6, 6.07) is 11.1. The van der Waals surface area contributed by atoms with Gasteiger partial charge in [-0.25, -0.2) is 15.1 Å². The number of nitrogens with two attached hydrogens (primary N) is 2. The molecule has 0 saturated carbocycles. The number of nitrogen functional groups attached to an aromatic ring is 2. The second-order valence-corrected chi connectivity index (χ2v) is 10.1. The monoisotopic (exact) mass is 583 g/mol. The lowest BCUT2D eigenvalue weighted by Crippen LogP contribution is -2.32. The van der Waals surface area contributed by atoms with E-state index in [1.807, 2.05) is 42.5 Å². The summed E-state index contributed by atoms with van der Waals surface area (Å²) in [5, 5.41) is 16.3. The molecule has 0 aliphatic carbocycles. The molecule has 1 fully saturated rings. The molecule has 5 N–H and O–H groups in total. The van der Waals surface area contributed by atoms with E-state index in [1.54, 1.807) is 18.5 Å². The molecule has 1 unspecified atom stereocenters. The molecule has 5 rings (SSSR count). The molecule has 222 valence electrons. The second-order valence-electron chi connectivity index (χ2n) is 10.1. The molecule has 12 nitrogen and oxygen atoms in total. The fourth-order valence-electron chi connectivity index (χ4n) is 5.27. The fraction of sp³-hybridized carbons (Fsp3) is 0.258. The van der Waals surface area contributed by atoms with Crippen LogP contribution >= 0.6 is 0 Å². The zero-order valence-electron chi connectivity index (χ0n) is 23.9. The van der Waals surface area contributed by atoms with Crippen LogP contribution in [-0.2, 0) is 16.0 Å². The van der Waals surface area contributed by atoms with Gasteiger partial charge in [-0.15, -0.1) is 0 Å². The highest BCUT2D eigenvalue weighted by Gasteiger charge is 2.29. The minimum Gasteiger partial charge on any atom is -0.493 e. The van der Waals surface area contributed by atoms with Crippen LogP contribution in [0.5, 0.6) is 11.5 Å². The molecule has 2 amide bonds. The highest BCUT2D eigenvalue weighted by Crippen LogP contribution is 2.36. The summed E-state index contributed by atoms with van der Waals surface area (Å²) < 4.78 is 11.2. The minimum atomic E-state index is -0.379. The van der Waals surface area contributed by atoms with Gasteiger partial charge < -0.3 is 20.9 Å². The van der Waals surface area contributed by atoms with E-state index < -0.39 is 0 Å². The van der Waals surface area contributed by atoms with E-state index in [-0.39, 0.29) is 36.2 Å². The Labute approximate surface area is 248 Å². The number of ether oxygens (including phenoxy) is 2. The first kappa shape index (κ1) is 29.3. The maximum Gasteiger partial charge on any atom is 0.272 e. The van der Waals surface area contributed by atoms with E-state index >= 15 is 0 Å². The first-order chi connectivity index (χ1) is 20.8. The molecule has 2 aromatic carbocycles. The van der Waals surface area contributed by atoms with Crippen LogP contribution in [0.15, 0.2) is 65.4 Å². The summed E-state index contributed by atoms with van der Waals surface area (Å²) in [6.07, 6.45) is 10.2. The molecular formula is C31H33N7O5. The van der Waals surface area contributed by atoms with Gasteiger partial charge >= 0.3 is 0 Å². The Kier molecular flexibility index (Phi) is 8.67. The highest BCUT2D eigenvalue weighted by molar-refractivity contribution is 5.95. The van der Waals surface area contributed by atoms with Gasteiger partial charge in [0.2, 0.25) is 5.95 Å². The number of hydrazone groups is 1. The molecule has 43 heavy (non-hydrogen) atoms. The van der Waals surface area contributed by atoms with Gasteiger partial charge in [0, 0.05) is 35.4 Å². The van der Waals surface area contributed by atoms with Crippen molar-refractivity contribution in [1.29, 1.82) is 0 Å². The van der Waals surface area contributed by atoms with Gasteiger partial charge in [-0.3, -0.25) is 14.8 Å². The van der Waals surface area contributed by atoms with Crippen molar-refractivity contribution in [3.63, 3.8) is 0 Å². The normalized spacial score (nSPS) is 17.1. The number of hydrogen-bond acceptors (Lipinski definition) is 10. The van der Waals surface area contributed by atoms with Crippen molar-refractivity contribution >= 4 is 35.9 Å². The molecule has 1 atom stereocenters. The van der Waals surface area contributed by atoms with Gasteiger partial charge in [0.25, 0.3) is 11.8 Å². The van der Waals surface area contributed by atoms with Crippen LogP contribution in [0.4, 0.5) is 11.8 Å². The first-order valence-electron chi connectivity index (χ1n) is 13.7. The molecule has 3 heterocycles. The number of rotatable bonds is 9. The van der Waals surface area contributed by atoms with Crippen molar-refractivity contribution in [2.24, 2.45) is 5.10 Å². The molecule has 2 aliphatic heterocycles. The van der Waals surface area contributed by atoms with Gasteiger partial charge in [-0.05, 0) is 54.2 Å². The molecule has 1 aromatic heterocycles. The van der Waals surface area contributed by atoms with E-state index in [0.717, 1.165) is 21.8 Å². The van der Waals surface area contributed by atoms with E-state index in [9.17, 15) is 14.8 Å². The van der Waals surface area contributed by atoms with Crippen LogP contribution in [0.1, 0.15) is 53.1 Å². The van der Waals surface area contributed by atoms with Gasteiger partial charge in [0.15, 0.2) is 11.5 Å². The predicted molar refractivity (Wildman–Crippen MR) is 161 cm³/mol. The minimum absolute atomic E-state index is 0.0949. The summed E-state index contributed by atoms with van der Waals surface area (Å²) in [4.78, 5) is 33.8. The third-order valence-corrected chi connectivity index (χ3v) is 7.41. The second kappa shape index (κ2) is 12.7. The number of anilines is 2. The molecule has 2 aliphatic rings. The molecule has 0 spiro atoms. The molecule has 0 bridgehead atoms. The van der Waals surface area contributed by atoms with Crippen molar-refractivity contribution in [3.8, 4) is 11.5 Å². The number of fused-ring (bicyclic) bond motifs is 1. The Bertz CT molecular complexity index is 1630. The number of allylic oxidation sites excluding steroid dienone is 1. The predicted octanol–water partition coefficient (Wildman–Crippen LogP) is 3.51. The Balaban J connectivity index is 1.40. The Morgan fingerprint density at radius 3 is 2.72 bits per heavy atom. The SMILES string of the molecule is COc1cc(Cc2cnc(N)nc2N)cc(/C=C/C(=O)N2N=Cc3ccccc3C2CC/C=C2\CCN(O)C2=O)c1OC. The number of carbonyl (C=O) groups excluding carboxylic acids is 2. The van der Waals surface area contributed by atoms with Crippen LogP contribution in [0.2, 0.25) is 0 Å². The Morgan fingerprint density at radius 1 is 1.19 bits per heavy atom. The number of hydrogen-bond donors (Lipinski definition) is 3. The van der Waals surface area contributed by atoms with Crippen LogP contribution in [-0.4, -0.2) is 64.0 Å². The van der Waals surface area contributed by atoms with Crippen molar-refractivity contribution in [2.45, 2.75) is 31.7 Å². The number of hydroxylamine groups is 2. The van der Waals surface area contributed by atoms with Crippen LogP contribution in [0.3, 0.4) is 0 Å². The number of carbonyl (C=O) groups is 2. The standard InChI is InChI=1S/C31H33N7O5/c1-42-26-16-19(15-23-17-34-31(33)36-29(23)32)14-21(28(26)43-2)10-11-27(39)38-25(24-8-4-3-6-22(24)18-35-38)9-5-7-20-12-13-37(41)30(20)40/h3-4,6-8,10-11,14,16-18,25,41H,5,9,12-13,15H2,1-2H3,(H4,32,33,34,36)/b11-10+,20-7+. The average molecular weight is 584 g/mol. The van der Waals surface area contributed by atoms with Crippen LogP contribution < -0.4 is 20.9 Å². The third-order valence-electron chi connectivity index (χ3n) is 7.41. The van der Waals surface area contributed by atoms with Crippen molar-refractivity contribution in [1.82, 2.24) is 20.0 Å². The smallest absolute Gasteiger partial charge is 0.272 e. The largest absolute Gasteiger partial charge is 0.493 e.